The Morgan fingerprint density at radius 1 is 0.473 bits per heavy atom. The minimum Gasteiger partial charge on any atom is -0.469 e. The highest BCUT2D eigenvalue weighted by Gasteiger charge is 2.33. The molecule has 0 saturated carbocycles. The maximum atomic E-state index is 11.7. The highest BCUT2D eigenvalue weighted by atomic mass is 16.7. The molecule has 74 heavy (non-hydrogen) atoms. The Hall–Kier alpha value is -7.14. The largest absolute Gasteiger partial charge is 0.469 e. The molecule has 0 aromatic carbocycles. The van der Waals surface area contributed by atoms with Crippen LogP contribution in [0.15, 0.2) is 24.3 Å². The van der Waals surface area contributed by atoms with Crippen molar-refractivity contribution < 1.29 is 100 Å². The molecule has 1 saturated heterocycles. The number of nitrogens with one attached hydrogen (secondary N) is 3. The average Bonchev–Trinajstić information content (AvgIpc) is 4.01. The predicted octanol–water partition coefficient (Wildman–Crippen LogP) is -2.82. The third-order valence-electron chi connectivity index (χ3n) is 9.70. The van der Waals surface area contributed by atoms with Gasteiger partial charge in [-0.25, -0.2) is 4.79 Å². The monoisotopic (exact) mass is 1050 g/mol. The summed E-state index contributed by atoms with van der Waals surface area (Å²) in [5.74, 6) is -7.84. The number of carbonyl (C=O) groups is 14. The Morgan fingerprint density at radius 3 is 1.22 bits per heavy atom. The van der Waals surface area contributed by atoms with Crippen LogP contribution >= 0.6 is 0 Å². The van der Waals surface area contributed by atoms with Crippen LogP contribution in [0.1, 0.15) is 77.0 Å². The van der Waals surface area contributed by atoms with Gasteiger partial charge in [0.25, 0.3) is 47.3 Å². The number of Topliss-reactive ketones (excluding diaryl/α,β-unsaturated/α-hetero) is 2. The van der Waals surface area contributed by atoms with Gasteiger partial charge in [-0.05, 0) is 32.2 Å². The number of esters is 2. The molecule has 28 nitrogen and oxygen atoms in total. The van der Waals surface area contributed by atoms with Gasteiger partial charge in [-0.2, -0.15) is 0 Å². The summed E-state index contributed by atoms with van der Waals surface area (Å²) >= 11 is 0. The number of imide groups is 3. The number of nitrogens with two attached hydrogens (primary N) is 1. The predicted molar refractivity (Wildman–Crippen MR) is 250 cm³/mol. The van der Waals surface area contributed by atoms with Gasteiger partial charge >= 0.3 is 17.9 Å². The van der Waals surface area contributed by atoms with Gasteiger partial charge in [-0.15, -0.1) is 5.06 Å². The van der Waals surface area contributed by atoms with Crippen molar-refractivity contribution in [3.63, 3.8) is 0 Å². The molecule has 3 aliphatic rings. The molecule has 412 valence electrons. The summed E-state index contributed by atoms with van der Waals surface area (Å²) in [5.41, 5.74) is 5.32. The number of carbonyl (C=O) groups excluding carboxylic acids is 14. The molecule has 1 fully saturated rings. The smallest absolute Gasteiger partial charge is 0.335 e. The lowest BCUT2D eigenvalue weighted by Gasteiger charge is -2.15. The molecule has 5 N–H and O–H groups in total. The summed E-state index contributed by atoms with van der Waals surface area (Å²) in [6.45, 7) is 5.19. The zero-order valence-electron chi connectivity index (χ0n) is 41.7. The SMILES string of the molecule is COC(=O)CCC(=O)C(=O)NCCCOCCOCCCN.COC(=O)CCC(=O)C(=O)NCCCOCCOCCCNC(=O)CCN1C(=O)C=CC1=O.O=C(CCN1C(=O)C=CC1=O)ON1C(=O)CCC1=O. The van der Waals surface area contributed by atoms with E-state index >= 15 is 0 Å². The normalized spacial score (nSPS) is 13.5. The number of nitrogens with zero attached hydrogens (tertiary/aromatic N) is 3. The minimum absolute atomic E-state index is 0.0130. The van der Waals surface area contributed by atoms with Gasteiger partial charge in [0.2, 0.25) is 17.5 Å². The Kier molecular flexibility index (Phi) is 34.5. The molecule has 0 atom stereocenters. The van der Waals surface area contributed by atoms with Crippen LogP contribution in [0.2, 0.25) is 0 Å². The Labute approximate surface area is 426 Å². The molecule has 9 amide bonds. The quantitative estimate of drug-likeness (QED) is 0.0213. The lowest BCUT2D eigenvalue weighted by molar-refractivity contribution is -0.197. The maximum absolute atomic E-state index is 11.7. The fourth-order valence-corrected chi connectivity index (χ4v) is 5.66. The summed E-state index contributed by atoms with van der Waals surface area (Å²) in [5, 5.41) is 8.06. The molecule has 0 aliphatic carbocycles. The third-order valence-corrected chi connectivity index (χ3v) is 9.70. The first-order valence-electron chi connectivity index (χ1n) is 23.6. The van der Waals surface area contributed by atoms with Gasteiger partial charge in [-0.3, -0.25) is 72.1 Å². The first-order chi connectivity index (χ1) is 35.4. The van der Waals surface area contributed by atoms with E-state index in [-0.39, 0.29) is 76.9 Å². The summed E-state index contributed by atoms with van der Waals surface area (Å²) < 4.78 is 30.1. The van der Waals surface area contributed by atoms with Crippen molar-refractivity contribution in [2.24, 2.45) is 5.73 Å². The minimum atomic E-state index is -0.851. The number of ketones is 2. The highest BCUT2D eigenvalue weighted by molar-refractivity contribution is 6.36. The van der Waals surface area contributed by atoms with Gasteiger partial charge in [-0.1, -0.05) is 0 Å². The molecule has 3 rings (SSSR count). The van der Waals surface area contributed by atoms with E-state index in [4.69, 9.17) is 24.7 Å². The standard InChI is InChI=1S/C21H31N3O9.C14H26N2O6.C11H10N2O6/c1-31-20(29)7-4-16(25)21(30)23-10-3-13-33-15-14-32-12-2-9-22-17(26)8-11-24-18(27)5-6-19(24)28;1-20-13(18)5-4-12(17)14(19)16-7-3-9-22-11-10-21-8-2-6-15;14-7-1-2-8(15)12(7)6-5-11(18)19-13-9(16)3-4-10(13)17/h5-6H,2-4,7-15H2,1H3,(H,22,26)(H,23,30);2-11,15H2,1H3,(H,16,19);1-2H,3-6H2. The fraction of sp³-hybridized carbons (Fsp3) is 0.609. The van der Waals surface area contributed by atoms with E-state index in [1.54, 1.807) is 0 Å². The number of ether oxygens (including phenoxy) is 6. The lowest BCUT2D eigenvalue weighted by atomic mass is 10.2. The number of hydrogen-bond acceptors (Lipinski definition) is 22. The highest BCUT2D eigenvalue weighted by Crippen LogP contribution is 2.13. The van der Waals surface area contributed by atoms with E-state index in [2.05, 4.69) is 30.3 Å². The van der Waals surface area contributed by atoms with Crippen molar-refractivity contribution >= 4 is 82.6 Å². The van der Waals surface area contributed by atoms with Crippen LogP contribution in [0, 0.1) is 0 Å². The first kappa shape index (κ1) is 64.9. The third kappa shape index (κ3) is 29.4. The van der Waals surface area contributed by atoms with Crippen molar-refractivity contribution in [3.8, 4) is 0 Å². The van der Waals surface area contributed by atoms with Crippen LogP contribution in [0.5, 0.6) is 0 Å². The maximum Gasteiger partial charge on any atom is 0.335 e. The topological polar surface area (TPSA) is 375 Å². The fourth-order valence-electron chi connectivity index (χ4n) is 5.66. The molecule has 0 unspecified atom stereocenters. The van der Waals surface area contributed by atoms with Crippen LogP contribution in [0.25, 0.3) is 0 Å². The van der Waals surface area contributed by atoms with Gasteiger partial charge in [0.1, 0.15) is 0 Å². The van der Waals surface area contributed by atoms with Crippen molar-refractivity contribution in [2.45, 2.75) is 77.0 Å². The van der Waals surface area contributed by atoms with Gasteiger partial charge < -0.3 is 54.9 Å². The van der Waals surface area contributed by atoms with E-state index < -0.39 is 76.7 Å². The second kappa shape index (κ2) is 39.4. The van der Waals surface area contributed by atoms with E-state index in [1.165, 1.54) is 26.4 Å². The van der Waals surface area contributed by atoms with E-state index in [0.717, 1.165) is 28.4 Å². The summed E-state index contributed by atoms with van der Waals surface area (Å²) in [6.07, 6.45) is 6.36. The Bertz CT molecular complexity index is 1960. The van der Waals surface area contributed by atoms with Gasteiger partial charge in [0.05, 0.1) is 59.9 Å². The number of hydrogen-bond donors (Lipinski definition) is 4. The number of amides is 9. The first-order valence-corrected chi connectivity index (χ1v) is 23.6. The lowest BCUT2D eigenvalue weighted by Crippen LogP contribution is -2.35. The van der Waals surface area contributed by atoms with Crippen LogP contribution in [0.3, 0.4) is 0 Å². The average molecular weight is 1050 g/mol. The van der Waals surface area contributed by atoms with Gasteiger partial charge in [0, 0.05) is 116 Å². The molecule has 0 bridgehead atoms. The number of hydroxylamine groups is 2. The zero-order chi connectivity index (χ0) is 55.1. The van der Waals surface area contributed by atoms with Crippen molar-refractivity contribution in [1.82, 2.24) is 30.8 Å². The molecule has 0 aromatic heterocycles. The van der Waals surface area contributed by atoms with Crippen molar-refractivity contribution in [3.05, 3.63) is 24.3 Å². The summed E-state index contributed by atoms with van der Waals surface area (Å²) in [6, 6.07) is 0. The van der Waals surface area contributed by atoms with E-state index in [1.807, 2.05) is 0 Å². The molecule has 0 spiro atoms. The number of methoxy groups -OCH3 is 2. The summed E-state index contributed by atoms with van der Waals surface area (Å²) in [4.78, 5) is 165. The second-order valence-corrected chi connectivity index (χ2v) is 15.4. The van der Waals surface area contributed by atoms with E-state index in [0.29, 0.717) is 96.8 Å². The van der Waals surface area contributed by atoms with Gasteiger partial charge in [0.15, 0.2) is 0 Å². The molecule has 3 aliphatic heterocycles. The molecular weight excluding hydrogens is 987 g/mol. The number of rotatable bonds is 36. The van der Waals surface area contributed by atoms with Crippen LogP contribution in [-0.2, 0) is 100 Å². The second-order valence-electron chi connectivity index (χ2n) is 15.4. The summed E-state index contributed by atoms with van der Waals surface area (Å²) in [7, 11) is 2.45. The molecule has 0 aromatic rings. The zero-order valence-corrected chi connectivity index (χ0v) is 41.7. The van der Waals surface area contributed by atoms with Crippen molar-refractivity contribution in [1.29, 1.82) is 0 Å². The Balaban J connectivity index is 0.000000582. The van der Waals surface area contributed by atoms with Crippen LogP contribution in [-0.4, -0.2) is 204 Å². The molecule has 28 heteroatoms. The molecule has 0 radical (unpaired) electrons. The Morgan fingerprint density at radius 2 is 0.838 bits per heavy atom. The van der Waals surface area contributed by atoms with Crippen LogP contribution < -0.4 is 21.7 Å². The molecule has 3 heterocycles. The molecular formula is C46H67N7O21. The van der Waals surface area contributed by atoms with Crippen molar-refractivity contribution in [2.75, 3.05) is 106 Å². The van der Waals surface area contributed by atoms with Crippen LogP contribution in [0.4, 0.5) is 0 Å². The van der Waals surface area contributed by atoms with E-state index in [9.17, 15) is 67.1 Å².